The third-order valence-electron chi connectivity index (χ3n) is 6.16. The predicted molar refractivity (Wildman–Crippen MR) is 135 cm³/mol. The maximum absolute atomic E-state index is 10.7. The van der Waals surface area contributed by atoms with Crippen molar-refractivity contribution in [3.8, 4) is 22.9 Å². The maximum atomic E-state index is 10.7. The third-order valence-corrected chi connectivity index (χ3v) is 6.16. The summed E-state index contributed by atoms with van der Waals surface area (Å²) in [5, 5.41) is 15.5. The van der Waals surface area contributed by atoms with Crippen LogP contribution in [0, 0.1) is 6.92 Å². The maximum Gasteiger partial charge on any atom is 0.222 e. The molecule has 1 atom stereocenters. The first-order valence-corrected chi connectivity index (χ1v) is 12.4. The highest BCUT2D eigenvalue weighted by molar-refractivity contribution is 5.65. The molecule has 0 aliphatic heterocycles. The van der Waals surface area contributed by atoms with Crippen molar-refractivity contribution >= 4 is 0 Å². The fourth-order valence-electron chi connectivity index (χ4n) is 4.22. The van der Waals surface area contributed by atoms with Gasteiger partial charge in [0.1, 0.15) is 11.4 Å². The van der Waals surface area contributed by atoms with Gasteiger partial charge in [0.2, 0.25) is 5.88 Å². The summed E-state index contributed by atoms with van der Waals surface area (Å²) in [5.41, 5.74) is 4.17. The van der Waals surface area contributed by atoms with E-state index in [2.05, 4.69) is 36.9 Å². The van der Waals surface area contributed by atoms with Gasteiger partial charge in [0.15, 0.2) is 0 Å². The number of aliphatic hydroxyl groups is 1. The number of benzene rings is 2. The number of aromatic nitrogens is 2. The molecule has 0 amide bonds. The number of hydrogen-bond acceptors (Lipinski definition) is 5. The van der Waals surface area contributed by atoms with Crippen LogP contribution in [-0.2, 0) is 18.3 Å². The molecule has 1 saturated carbocycles. The van der Waals surface area contributed by atoms with Gasteiger partial charge in [0, 0.05) is 38.3 Å². The monoisotopic (exact) mass is 463 g/mol. The van der Waals surface area contributed by atoms with Crippen LogP contribution in [0.1, 0.15) is 43.7 Å². The molecule has 6 nitrogen and oxygen atoms in total. The van der Waals surface area contributed by atoms with Gasteiger partial charge in [-0.25, -0.2) is 4.68 Å². The Kier molecular flexibility index (Phi) is 8.38. The van der Waals surface area contributed by atoms with E-state index in [0.29, 0.717) is 32.3 Å². The number of aryl methyl sites for hydroxylation is 2. The summed E-state index contributed by atoms with van der Waals surface area (Å²) in [6, 6.07) is 18.8. The molecule has 1 heterocycles. The number of ether oxygens (including phenoxy) is 2. The molecular formula is C28H37N3O3. The van der Waals surface area contributed by atoms with Crippen molar-refractivity contribution in [3.05, 3.63) is 65.7 Å². The standard InChI is InChI=1S/C28H37N3O3/c1-4-5-16-33-20-24(32)18-31(23-14-15-23)19-26-27(22-11-7-6-8-12-22)29-30(3)28(26)34-25-13-9-10-21(2)17-25/h6-13,17,23-24,32H,4-5,14-16,18-20H2,1-3H3. The van der Waals surface area contributed by atoms with Crippen molar-refractivity contribution in [2.24, 2.45) is 7.05 Å². The number of rotatable bonds is 13. The van der Waals surface area contributed by atoms with E-state index in [1.165, 1.54) is 0 Å². The molecule has 0 saturated heterocycles. The molecule has 3 aromatic rings. The highest BCUT2D eigenvalue weighted by Gasteiger charge is 2.33. The zero-order chi connectivity index (χ0) is 23.9. The average molecular weight is 464 g/mol. The van der Waals surface area contributed by atoms with Crippen LogP contribution >= 0.6 is 0 Å². The van der Waals surface area contributed by atoms with Crippen molar-refractivity contribution < 1.29 is 14.6 Å². The van der Waals surface area contributed by atoms with E-state index in [0.717, 1.165) is 59.7 Å². The minimum Gasteiger partial charge on any atom is -0.439 e. The fraction of sp³-hybridized carbons (Fsp3) is 0.464. The van der Waals surface area contributed by atoms with Crippen LogP contribution in [0.5, 0.6) is 11.6 Å². The van der Waals surface area contributed by atoms with E-state index in [1.54, 1.807) is 0 Å². The largest absolute Gasteiger partial charge is 0.439 e. The van der Waals surface area contributed by atoms with Gasteiger partial charge in [-0.3, -0.25) is 4.90 Å². The van der Waals surface area contributed by atoms with E-state index >= 15 is 0 Å². The van der Waals surface area contributed by atoms with Gasteiger partial charge in [-0.05, 0) is 43.9 Å². The summed E-state index contributed by atoms with van der Waals surface area (Å²) in [6.07, 6.45) is 3.90. The third kappa shape index (κ3) is 6.47. The Morgan fingerprint density at radius 1 is 1.15 bits per heavy atom. The Bertz CT molecular complexity index is 1050. The second kappa shape index (κ2) is 11.6. The lowest BCUT2D eigenvalue weighted by molar-refractivity contribution is 0.0127. The molecule has 1 aliphatic rings. The minimum atomic E-state index is -0.518. The highest BCUT2D eigenvalue weighted by Crippen LogP contribution is 2.37. The van der Waals surface area contributed by atoms with E-state index in [4.69, 9.17) is 14.6 Å². The Hall–Kier alpha value is -2.67. The van der Waals surface area contributed by atoms with Crippen molar-refractivity contribution in [1.82, 2.24) is 14.7 Å². The van der Waals surface area contributed by atoms with Crippen molar-refractivity contribution in [2.45, 2.75) is 58.2 Å². The Balaban J connectivity index is 1.60. The van der Waals surface area contributed by atoms with Crippen LogP contribution in [0.15, 0.2) is 54.6 Å². The van der Waals surface area contributed by atoms with Crippen molar-refractivity contribution in [1.29, 1.82) is 0 Å². The highest BCUT2D eigenvalue weighted by atomic mass is 16.5. The second-order valence-electron chi connectivity index (χ2n) is 9.28. The van der Waals surface area contributed by atoms with Crippen LogP contribution in [0.4, 0.5) is 0 Å². The van der Waals surface area contributed by atoms with E-state index in [-0.39, 0.29) is 0 Å². The smallest absolute Gasteiger partial charge is 0.222 e. The Morgan fingerprint density at radius 3 is 2.65 bits per heavy atom. The number of unbranched alkanes of at least 4 members (excludes halogenated alkanes) is 1. The Labute approximate surface area is 203 Å². The van der Waals surface area contributed by atoms with Crippen LogP contribution < -0.4 is 4.74 Å². The van der Waals surface area contributed by atoms with Gasteiger partial charge in [0.05, 0.1) is 18.3 Å². The molecule has 2 aromatic carbocycles. The predicted octanol–water partition coefficient (Wildman–Crippen LogP) is 5.33. The quantitative estimate of drug-likeness (QED) is 0.347. The van der Waals surface area contributed by atoms with Gasteiger partial charge >= 0.3 is 0 Å². The summed E-state index contributed by atoms with van der Waals surface area (Å²) in [4.78, 5) is 2.36. The SMILES string of the molecule is CCCCOCC(O)CN(Cc1c(-c2ccccc2)nn(C)c1Oc1cccc(C)c1)C1CC1. The van der Waals surface area contributed by atoms with Crippen LogP contribution in [0.2, 0.25) is 0 Å². The van der Waals surface area contributed by atoms with Gasteiger partial charge < -0.3 is 14.6 Å². The molecule has 6 heteroatoms. The Morgan fingerprint density at radius 2 is 1.94 bits per heavy atom. The second-order valence-corrected chi connectivity index (χ2v) is 9.28. The molecule has 34 heavy (non-hydrogen) atoms. The first-order chi connectivity index (χ1) is 16.5. The molecule has 4 rings (SSSR count). The first kappa shape index (κ1) is 24.5. The van der Waals surface area contributed by atoms with Gasteiger partial charge in [0.25, 0.3) is 0 Å². The number of nitrogens with zero attached hydrogens (tertiary/aromatic N) is 3. The van der Waals surface area contributed by atoms with Gasteiger partial charge in [-0.1, -0.05) is 55.8 Å². The first-order valence-electron chi connectivity index (χ1n) is 12.4. The van der Waals surface area contributed by atoms with Crippen LogP contribution in [0.25, 0.3) is 11.3 Å². The zero-order valence-electron chi connectivity index (χ0n) is 20.6. The summed E-state index contributed by atoms with van der Waals surface area (Å²) in [7, 11) is 1.93. The lowest BCUT2D eigenvalue weighted by atomic mass is 10.1. The summed E-state index contributed by atoms with van der Waals surface area (Å²) < 4.78 is 13.9. The van der Waals surface area contributed by atoms with Crippen LogP contribution in [0.3, 0.4) is 0 Å². The molecule has 0 bridgehead atoms. The summed E-state index contributed by atoms with van der Waals surface area (Å²) in [6.45, 7) is 6.51. The average Bonchev–Trinajstić information content (AvgIpc) is 3.64. The summed E-state index contributed by atoms with van der Waals surface area (Å²) >= 11 is 0. The molecule has 1 aromatic heterocycles. The lowest BCUT2D eigenvalue weighted by Crippen LogP contribution is -2.36. The summed E-state index contributed by atoms with van der Waals surface area (Å²) in [5.74, 6) is 1.54. The van der Waals surface area contributed by atoms with Crippen molar-refractivity contribution in [2.75, 3.05) is 19.8 Å². The molecule has 1 N–H and O–H groups in total. The van der Waals surface area contributed by atoms with Gasteiger partial charge in [-0.15, -0.1) is 0 Å². The van der Waals surface area contributed by atoms with Gasteiger partial charge in [-0.2, -0.15) is 5.10 Å². The van der Waals surface area contributed by atoms with E-state index in [1.807, 2.05) is 48.1 Å². The van der Waals surface area contributed by atoms with E-state index < -0.39 is 6.10 Å². The molecule has 1 unspecified atom stereocenters. The molecule has 0 spiro atoms. The molecule has 1 fully saturated rings. The van der Waals surface area contributed by atoms with Crippen molar-refractivity contribution in [3.63, 3.8) is 0 Å². The normalized spacial score (nSPS) is 14.5. The topological polar surface area (TPSA) is 59.8 Å². The zero-order valence-corrected chi connectivity index (χ0v) is 20.6. The molecule has 182 valence electrons. The number of hydrogen-bond donors (Lipinski definition) is 1. The molecule has 1 aliphatic carbocycles. The lowest BCUT2D eigenvalue weighted by Gasteiger charge is -2.25. The molecule has 0 radical (unpaired) electrons. The van der Waals surface area contributed by atoms with E-state index in [9.17, 15) is 5.11 Å². The fourth-order valence-corrected chi connectivity index (χ4v) is 4.22. The minimum absolute atomic E-state index is 0.369. The molecular weight excluding hydrogens is 426 g/mol. The van der Waals surface area contributed by atoms with Crippen LogP contribution in [-0.4, -0.2) is 51.7 Å². The number of aliphatic hydroxyl groups excluding tert-OH is 1.